The van der Waals surface area contributed by atoms with Gasteiger partial charge in [-0.3, -0.25) is 19.9 Å². The van der Waals surface area contributed by atoms with Gasteiger partial charge in [0.15, 0.2) is 0 Å². The van der Waals surface area contributed by atoms with Crippen molar-refractivity contribution in [3.05, 3.63) is 425 Å². The standard InChI is InChI=1S/C43H26N4S.C37H22N4S.C37H22N2S/c1-2-12-31-30(11-1)40-32-13-3-5-17-38(32)47(42(40)43-41(31)33-14-4-6-18-39(33)48-43)29-21-19-27(20-22-29)28-25-36(34-15-7-9-23-44-34)46-37(26-28)35-16-8-10-24-45-35;1-2-12-25-24(11-1)34-26-13-3-5-17-32(26)41(36(34)37-35(25)27-14-4-6-18-33(27)42-37)23-21-30(28-15-7-9-19-38-28)40-31(22-23)29-16-8-10-20-39-29;1-6-14-30-23(9-1)19-22-31(38-30)24-17-20-25(21-18-24)39-32-15-7-4-12-28(32)34-26-10-2-3-11-27(26)35-29-13-5-8-16-33(29)40-37(35)36(34)39/h1-26H;1-22H;1-22H. The van der Waals surface area contributed by atoms with Crippen molar-refractivity contribution in [3.63, 3.8) is 0 Å². The number of para-hydroxylation sites is 4. The highest BCUT2D eigenvalue weighted by Crippen LogP contribution is 2.53. The van der Waals surface area contributed by atoms with E-state index in [1.807, 2.05) is 125 Å². The highest BCUT2D eigenvalue weighted by Gasteiger charge is 2.28. The highest BCUT2D eigenvalue weighted by atomic mass is 32.1. The summed E-state index contributed by atoms with van der Waals surface area (Å²) >= 11 is 5.66. The van der Waals surface area contributed by atoms with Gasteiger partial charge in [-0.05, 0) is 189 Å². The van der Waals surface area contributed by atoms with E-state index in [9.17, 15) is 0 Å². The number of pyridine rings is 7. The lowest BCUT2D eigenvalue weighted by molar-refractivity contribution is 1.15. The quantitative estimate of drug-likeness (QED) is 0.142. The Morgan fingerprint density at radius 1 is 0.185 bits per heavy atom. The summed E-state index contributed by atoms with van der Waals surface area (Å²) < 4.78 is 15.2. The number of thiophene rings is 3. The number of benzene rings is 15. The van der Waals surface area contributed by atoms with Crippen molar-refractivity contribution in [1.29, 1.82) is 0 Å². The maximum Gasteiger partial charge on any atom is 0.0915 e. The summed E-state index contributed by atoms with van der Waals surface area (Å²) in [6.07, 6.45) is 7.25. The number of hydrogen-bond acceptors (Lipinski definition) is 10. The molecule has 0 atom stereocenters. The molecule has 0 N–H and O–H groups in total. The fourth-order valence-corrected chi connectivity index (χ4v) is 23.7. The molecule has 0 fully saturated rings. The van der Waals surface area contributed by atoms with E-state index in [4.69, 9.17) is 15.0 Å². The van der Waals surface area contributed by atoms with Crippen LogP contribution in [0.1, 0.15) is 0 Å². The topological polar surface area (TPSA) is 105 Å². The van der Waals surface area contributed by atoms with E-state index in [-0.39, 0.29) is 0 Å². The molecule has 0 bridgehead atoms. The van der Waals surface area contributed by atoms with Crippen LogP contribution < -0.4 is 0 Å². The molecule has 0 spiro atoms. The molecule has 0 aliphatic carbocycles. The summed E-state index contributed by atoms with van der Waals surface area (Å²) in [5.74, 6) is 0. The molecule has 0 saturated carbocycles. The molecule has 13 heteroatoms. The van der Waals surface area contributed by atoms with Crippen molar-refractivity contribution in [1.82, 2.24) is 48.6 Å². The zero-order valence-electron chi connectivity index (χ0n) is 69.6. The normalized spacial score (nSPS) is 11.8. The minimum atomic E-state index is 0.813. The minimum Gasteiger partial charge on any atom is -0.308 e. The van der Waals surface area contributed by atoms with E-state index in [1.165, 1.54) is 153 Å². The first-order valence-electron chi connectivity index (χ1n) is 43.5. The van der Waals surface area contributed by atoms with E-state index in [2.05, 4.69) is 355 Å². The average Bonchev–Trinajstić information content (AvgIpc) is 1.55. The molecule has 0 radical (unpaired) electrons. The molecule has 13 aromatic heterocycles. The zero-order valence-corrected chi connectivity index (χ0v) is 72.1. The summed E-state index contributed by atoms with van der Waals surface area (Å²) in [4.78, 5) is 33.5. The number of nitrogens with zero attached hydrogens (tertiary/aromatic N) is 10. The maximum atomic E-state index is 5.06. The van der Waals surface area contributed by atoms with Gasteiger partial charge in [0.1, 0.15) is 0 Å². The molecule has 0 aliphatic heterocycles. The molecule has 130 heavy (non-hydrogen) atoms. The smallest absolute Gasteiger partial charge is 0.0915 e. The predicted molar refractivity (Wildman–Crippen MR) is 548 cm³/mol. The molecule has 15 aromatic carbocycles. The molecule has 13 heterocycles. The predicted octanol–water partition coefficient (Wildman–Crippen LogP) is 31.8. The summed E-state index contributed by atoms with van der Waals surface area (Å²) in [6, 6.07) is 142. The Bertz CT molecular complexity index is 9310. The van der Waals surface area contributed by atoms with Gasteiger partial charge >= 0.3 is 0 Å². The monoisotopic (exact) mass is 1710 g/mol. The summed E-state index contributed by atoms with van der Waals surface area (Å²) in [5.41, 5.74) is 22.6. The largest absolute Gasteiger partial charge is 0.308 e. The van der Waals surface area contributed by atoms with Crippen molar-refractivity contribution in [2.45, 2.75) is 0 Å². The van der Waals surface area contributed by atoms with E-state index in [1.54, 1.807) is 12.4 Å². The van der Waals surface area contributed by atoms with Gasteiger partial charge in [-0.25, -0.2) is 15.0 Å². The Kier molecular flexibility index (Phi) is 17.6. The van der Waals surface area contributed by atoms with Gasteiger partial charge in [0.25, 0.3) is 0 Å². The highest BCUT2D eigenvalue weighted by molar-refractivity contribution is 7.28. The molecule has 28 aromatic rings. The first kappa shape index (κ1) is 74.8. The maximum absolute atomic E-state index is 5.06. The van der Waals surface area contributed by atoms with Crippen LogP contribution in [0.25, 0.3) is 254 Å². The summed E-state index contributed by atoms with van der Waals surface area (Å²) in [7, 11) is 0. The molecular weight excluding hydrogens is 1640 g/mol. The van der Waals surface area contributed by atoms with E-state index >= 15 is 0 Å². The lowest BCUT2D eigenvalue weighted by Gasteiger charge is -2.13. The number of rotatable bonds is 9. The Morgan fingerprint density at radius 2 is 0.485 bits per heavy atom. The summed E-state index contributed by atoms with van der Waals surface area (Å²) in [6.45, 7) is 0. The van der Waals surface area contributed by atoms with Crippen molar-refractivity contribution in [2.75, 3.05) is 0 Å². The summed E-state index contributed by atoms with van der Waals surface area (Å²) in [5, 5.41) is 24.6. The van der Waals surface area contributed by atoms with Gasteiger partial charge in [-0.2, -0.15) is 0 Å². The third kappa shape index (κ3) is 12.2. The van der Waals surface area contributed by atoms with E-state index < -0.39 is 0 Å². The third-order valence-electron chi connectivity index (χ3n) is 25.5. The third-order valence-corrected chi connectivity index (χ3v) is 29.1. The van der Waals surface area contributed by atoms with Crippen LogP contribution >= 0.6 is 34.0 Å². The first-order valence-corrected chi connectivity index (χ1v) is 46.0. The molecule has 0 aliphatic rings. The van der Waals surface area contributed by atoms with Crippen molar-refractivity contribution >= 4 is 203 Å². The van der Waals surface area contributed by atoms with Gasteiger partial charge in [0.2, 0.25) is 0 Å². The number of aromatic nitrogens is 10. The fourth-order valence-electron chi connectivity index (χ4n) is 19.9. The van der Waals surface area contributed by atoms with Crippen molar-refractivity contribution < 1.29 is 0 Å². The van der Waals surface area contributed by atoms with Gasteiger partial charge < -0.3 is 13.7 Å². The van der Waals surface area contributed by atoms with Crippen LogP contribution in [0.3, 0.4) is 0 Å². The van der Waals surface area contributed by atoms with Crippen LogP contribution in [0.4, 0.5) is 0 Å². The van der Waals surface area contributed by atoms with E-state index in [0.717, 1.165) is 101 Å². The molecule has 0 unspecified atom stereocenters. The number of hydrogen-bond donors (Lipinski definition) is 0. The molecule has 0 saturated heterocycles. The van der Waals surface area contributed by atoms with Gasteiger partial charge in [-0.15, -0.1) is 34.0 Å². The molecule has 0 amide bonds. The Balaban J connectivity index is 0.000000103. The van der Waals surface area contributed by atoms with Gasteiger partial charge in [0.05, 0.1) is 110 Å². The van der Waals surface area contributed by atoms with Gasteiger partial charge in [0, 0.05) is 126 Å². The minimum absolute atomic E-state index is 0.813. The second kappa shape index (κ2) is 30.7. The van der Waals surface area contributed by atoms with E-state index in [0.29, 0.717) is 0 Å². The van der Waals surface area contributed by atoms with Crippen LogP contribution in [0.15, 0.2) is 425 Å². The molecule has 10 nitrogen and oxygen atoms in total. The number of fused-ring (bicyclic) bond motifs is 31. The zero-order chi connectivity index (χ0) is 85.4. The van der Waals surface area contributed by atoms with Crippen LogP contribution in [0.5, 0.6) is 0 Å². The Hall–Kier alpha value is -16.6. The van der Waals surface area contributed by atoms with Crippen LogP contribution in [0, 0.1) is 0 Å². The Morgan fingerprint density at radius 3 is 0.854 bits per heavy atom. The lowest BCUT2D eigenvalue weighted by atomic mass is 9.99. The van der Waals surface area contributed by atoms with Crippen LogP contribution in [-0.4, -0.2) is 48.6 Å². The second-order valence-electron chi connectivity index (χ2n) is 32.8. The van der Waals surface area contributed by atoms with Crippen molar-refractivity contribution in [3.8, 4) is 85.0 Å². The second-order valence-corrected chi connectivity index (χ2v) is 36.0. The Labute approximate surface area is 756 Å². The van der Waals surface area contributed by atoms with Crippen molar-refractivity contribution in [2.24, 2.45) is 0 Å². The van der Waals surface area contributed by atoms with Gasteiger partial charge in [-0.1, -0.05) is 255 Å². The molecular formula is C117H70N10S3. The fraction of sp³-hybridized carbons (Fsp3) is 0. The van der Waals surface area contributed by atoms with Crippen LogP contribution in [-0.2, 0) is 0 Å². The first-order chi connectivity index (χ1) is 64.5. The lowest BCUT2D eigenvalue weighted by Crippen LogP contribution is -1.99. The molecule has 28 rings (SSSR count). The van der Waals surface area contributed by atoms with Crippen LogP contribution in [0.2, 0.25) is 0 Å². The SMILES string of the molecule is c1ccc(-c2cc(-c3ccc(-n4c5ccccc5c5c6ccccc6c6c7ccccc7sc6c54)cc3)cc(-c3ccccn3)n2)nc1.c1ccc(-c2cc(-n3c4ccccc4c4c5ccccc5c5c6ccccc6sc5c43)cc(-c3ccccn3)n2)nc1.c1ccc2nc(-c3ccc(-n4c5ccccc5c5c6ccccc6c6c7ccccc7sc6c54)cc3)ccc2c1. The molecule has 606 valence electrons. The average molecular weight is 1710 g/mol.